The van der Waals surface area contributed by atoms with E-state index in [4.69, 9.17) is 21.4 Å². The van der Waals surface area contributed by atoms with Gasteiger partial charge in [-0.1, -0.05) is 23.7 Å². The molecule has 1 aromatic rings. The minimum absolute atomic E-state index is 0.208. The van der Waals surface area contributed by atoms with Crippen LogP contribution in [0.15, 0.2) is 18.2 Å². The van der Waals surface area contributed by atoms with Gasteiger partial charge in [0, 0.05) is 24.3 Å². The molecule has 1 aromatic carbocycles. The van der Waals surface area contributed by atoms with Crippen LogP contribution in [0.4, 0.5) is 0 Å². The molecule has 1 aliphatic heterocycles. The maximum Gasteiger partial charge on any atom is 0.142 e. The Bertz CT molecular complexity index is 397. The number of aliphatic hydroxyl groups excluding tert-OH is 1. The molecule has 0 fully saturated rings. The van der Waals surface area contributed by atoms with Crippen LogP contribution in [0.1, 0.15) is 37.8 Å². The van der Waals surface area contributed by atoms with E-state index in [9.17, 15) is 0 Å². The quantitative estimate of drug-likeness (QED) is 0.883. The second-order valence-electron chi connectivity index (χ2n) is 4.78. The minimum atomic E-state index is 0.208. The highest BCUT2D eigenvalue weighted by atomic mass is 35.5. The van der Waals surface area contributed by atoms with E-state index >= 15 is 0 Å². The van der Waals surface area contributed by atoms with Crippen LogP contribution in [0, 0.1) is 0 Å². The van der Waals surface area contributed by atoms with E-state index in [1.165, 1.54) is 0 Å². The number of rotatable bonds is 4. The fourth-order valence-electron chi connectivity index (χ4n) is 2.36. The van der Waals surface area contributed by atoms with E-state index in [0.717, 1.165) is 30.6 Å². The fraction of sp³-hybridized carbons (Fsp3) is 0.571. The first-order chi connectivity index (χ1) is 8.72. The molecule has 0 aromatic heterocycles. The minimum Gasteiger partial charge on any atom is -0.492 e. The van der Waals surface area contributed by atoms with Crippen molar-refractivity contribution in [2.75, 3.05) is 13.2 Å². The van der Waals surface area contributed by atoms with Crippen LogP contribution in [0.5, 0.6) is 5.75 Å². The summed E-state index contributed by atoms with van der Waals surface area (Å²) < 4.78 is 5.73. The van der Waals surface area contributed by atoms with Gasteiger partial charge in [-0.05, 0) is 32.3 Å². The average molecular weight is 270 g/mol. The second-order valence-corrected chi connectivity index (χ2v) is 5.19. The maximum atomic E-state index is 8.98. The Labute approximate surface area is 113 Å². The van der Waals surface area contributed by atoms with Crippen LogP contribution in [-0.4, -0.2) is 24.4 Å². The molecule has 0 saturated heterocycles. The highest BCUT2D eigenvalue weighted by molar-refractivity contribution is 6.32. The van der Waals surface area contributed by atoms with E-state index in [1.807, 2.05) is 12.1 Å². The SMILES string of the molecule is CC(CCO)NC1CCCOc2c(Cl)cccc21. The molecule has 0 aliphatic carbocycles. The lowest BCUT2D eigenvalue weighted by Gasteiger charge is -2.23. The smallest absolute Gasteiger partial charge is 0.142 e. The molecule has 0 amide bonds. The molecule has 0 bridgehead atoms. The molecule has 4 heteroatoms. The first-order valence-electron chi connectivity index (χ1n) is 6.50. The fourth-order valence-corrected chi connectivity index (χ4v) is 2.60. The molecular weight excluding hydrogens is 250 g/mol. The summed E-state index contributed by atoms with van der Waals surface area (Å²) in [5, 5.41) is 13.2. The third kappa shape index (κ3) is 3.16. The number of ether oxygens (including phenoxy) is 1. The molecule has 0 radical (unpaired) electrons. The van der Waals surface area contributed by atoms with E-state index in [0.29, 0.717) is 11.6 Å². The van der Waals surface area contributed by atoms with E-state index in [-0.39, 0.29) is 18.7 Å². The number of para-hydroxylation sites is 1. The van der Waals surface area contributed by atoms with Crippen LogP contribution in [0.2, 0.25) is 5.02 Å². The van der Waals surface area contributed by atoms with Gasteiger partial charge in [0.1, 0.15) is 5.75 Å². The third-order valence-electron chi connectivity index (χ3n) is 3.30. The molecule has 18 heavy (non-hydrogen) atoms. The van der Waals surface area contributed by atoms with Gasteiger partial charge in [0.05, 0.1) is 11.6 Å². The van der Waals surface area contributed by atoms with Gasteiger partial charge in [-0.2, -0.15) is 0 Å². The zero-order valence-electron chi connectivity index (χ0n) is 10.7. The van der Waals surface area contributed by atoms with Crippen molar-refractivity contribution in [3.05, 3.63) is 28.8 Å². The Morgan fingerprint density at radius 3 is 3.17 bits per heavy atom. The molecule has 100 valence electrons. The van der Waals surface area contributed by atoms with Gasteiger partial charge in [0.2, 0.25) is 0 Å². The number of fused-ring (bicyclic) bond motifs is 1. The number of hydrogen-bond donors (Lipinski definition) is 2. The summed E-state index contributed by atoms with van der Waals surface area (Å²) in [7, 11) is 0. The van der Waals surface area contributed by atoms with Gasteiger partial charge in [-0.25, -0.2) is 0 Å². The third-order valence-corrected chi connectivity index (χ3v) is 3.60. The number of nitrogens with one attached hydrogen (secondary N) is 1. The Morgan fingerprint density at radius 1 is 1.56 bits per heavy atom. The van der Waals surface area contributed by atoms with E-state index in [2.05, 4.69) is 18.3 Å². The molecule has 2 N–H and O–H groups in total. The summed E-state index contributed by atoms with van der Waals surface area (Å²) in [6.07, 6.45) is 2.80. The van der Waals surface area contributed by atoms with Gasteiger partial charge in [-0.3, -0.25) is 0 Å². The van der Waals surface area contributed by atoms with Crippen molar-refractivity contribution in [1.82, 2.24) is 5.32 Å². The van der Waals surface area contributed by atoms with Gasteiger partial charge in [0.15, 0.2) is 0 Å². The normalized spacial score (nSPS) is 20.7. The molecule has 1 aliphatic rings. The number of benzene rings is 1. The van der Waals surface area contributed by atoms with Gasteiger partial charge < -0.3 is 15.2 Å². The molecule has 1 heterocycles. The van der Waals surface area contributed by atoms with E-state index in [1.54, 1.807) is 0 Å². The van der Waals surface area contributed by atoms with Crippen LogP contribution < -0.4 is 10.1 Å². The number of hydrogen-bond acceptors (Lipinski definition) is 3. The van der Waals surface area contributed by atoms with Gasteiger partial charge >= 0.3 is 0 Å². The monoisotopic (exact) mass is 269 g/mol. The van der Waals surface area contributed by atoms with Gasteiger partial charge in [0.25, 0.3) is 0 Å². The lowest BCUT2D eigenvalue weighted by molar-refractivity contribution is 0.261. The zero-order valence-corrected chi connectivity index (χ0v) is 11.4. The van der Waals surface area contributed by atoms with E-state index < -0.39 is 0 Å². The molecule has 0 saturated carbocycles. The summed E-state index contributed by atoms with van der Waals surface area (Å²) in [5.41, 5.74) is 1.13. The van der Waals surface area contributed by atoms with Crippen molar-refractivity contribution in [2.24, 2.45) is 0 Å². The second kappa shape index (κ2) is 6.41. The Hall–Kier alpha value is -0.770. The summed E-state index contributed by atoms with van der Waals surface area (Å²) in [4.78, 5) is 0. The zero-order chi connectivity index (χ0) is 13.0. The van der Waals surface area contributed by atoms with Crippen LogP contribution in [-0.2, 0) is 0 Å². The first-order valence-corrected chi connectivity index (χ1v) is 6.88. The summed E-state index contributed by atoms with van der Waals surface area (Å²) in [5.74, 6) is 0.811. The number of aliphatic hydroxyl groups is 1. The molecular formula is C14H20ClNO2. The molecule has 3 nitrogen and oxygen atoms in total. The summed E-state index contributed by atoms with van der Waals surface area (Å²) >= 11 is 6.18. The van der Waals surface area contributed by atoms with Crippen LogP contribution >= 0.6 is 11.6 Å². The topological polar surface area (TPSA) is 41.5 Å². The highest BCUT2D eigenvalue weighted by Crippen LogP contribution is 2.37. The Kier molecular flexibility index (Phi) is 4.87. The largest absolute Gasteiger partial charge is 0.492 e. The van der Waals surface area contributed by atoms with Gasteiger partial charge in [-0.15, -0.1) is 0 Å². The Balaban J connectivity index is 2.19. The molecule has 2 rings (SSSR count). The van der Waals surface area contributed by atoms with Crippen molar-refractivity contribution in [2.45, 2.75) is 38.3 Å². The molecule has 2 atom stereocenters. The standard InChI is InChI=1S/C14H20ClNO2/c1-10(7-8-17)16-13-6-3-9-18-14-11(13)4-2-5-12(14)15/h2,4-5,10,13,16-17H,3,6-9H2,1H3. The van der Waals surface area contributed by atoms with Crippen molar-refractivity contribution < 1.29 is 9.84 Å². The lowest BCUT2D eigenvalue weighted by atomic mass is 10.0. The van der Waals surface area contributed by atoms with Crippen LogP contribution in [0.25, 0.3) is 0 Å². The molecule has 2 unspecified atom stereocenters. The first kappa shape index (κ1) is 13.7. The van der Waals surface area contributed by atoms with Crippen molar-refractivity contribution in [3.8, 4) is 5.75 Å². The predicted octanol–water partition coefficient (Wildman–Crippen LogP) is 2.91. The highest BCUT2D eigenvalue weighted by Gasteiger charge is 2.22. The summed E-state index contributed by atoms with van der Waals surface area (Å²) in [6.45, 7) is 3.01. The van der Waals surface area contributed by atoms with Crippen molar-refractivity contribution in [1.29, 1.82) is 0 Å². The van der Waals surface area contributed by atoms with Crippen molar-refractivity contribution in [3.63, 3.8) is 0 Å². The predicted molar refractivity (Wildman–Crippen MR) is 73.2 cm³/mol. The maximum absolute atomic E-state index is 8.98. The van der Waals surface area contributed by atoms with Crippen LogP contribution in [0.3, 0.4) is 0 Å². The number of halogens is 1. The average Bonchev–Trinajstić information content (AvgIpc) is 2.54. The van der Waals surface area contributed by atoms with Crippen molar-refractivity contribution >= 4 is 11.6 Å². The molecule has 0 spiro atoms. The lowest BCUT2D eigenvalue weighted by Crippen LogP contribution is -2.31. The Morgan fingerprint density at radius 2 is 2.39 bits per heavy atom. The summed E-state index contributed by atoms with van der Waals surface area (Å²) in [6, 6.07) is 6.42.